The summed E-state index contributed by atoms with van der Waals surface area (Å²) in [6.45, 7) is 1.15. The van der Waals surface area contributed by atoms with Gasteiger partial charge >= 0.3 is 5.97 Å². The Morgan fingerprint density at radius 1 is 1.26 bits per heavy atom. The summed E-state index contributed by atoms with van der Waals surface area (Å²) in [5.41, 5.74) is 6.58. The van der Waals surface area contributed by atoms with Gasteiger partial charge in [0.15, 0.2) is 34.1 Å². The highest BCUT2D eigenvalue weighted by Gasteiger charge is 2.45. The maximum atomic E-state index is 11.9. The molecule has 0 aliphatic carbocycles. The molecule has 1 unspecified atom stereocenters. The first kappa shape index (κ1) is 28.6. The second-order valence-electron chi connectivity index (χ2n) is 8.19. The standard InChI is InChI=1S/C22H25Cl2N5O8S/c1-2-35-21(34)9-3-11(23)17(12(24)4-9)36-6-10(31)7-38-22-28-14-18(25)26-8-27-19(14)29(22)20-16(33)15(32)13(5-30)37-20/h3-4,8,10,13,15-16,20,30-33H,2,5-7H2,1H3,(H2,25,26,27)/t10?,13-,15-,16-,20-/m1/s1. The largest absolute Gasteiger partial charge is 0.488 e. The van der Waals surface area contributed by atoms with E-state index >= 15 is 0 Å². The van der Waals surface area contributed by atoms with E-state index in [0.29, 0.717) is 0 Å². The summed E-state index contributed by atoms with van der Waals surface area (Å²) in [6.07, 6.45) is -4.71. The van der Waals surface area contributed by atoms with Crippen LogP contribution in [-0.2, 0) is 9.47 Å². The molecule has 6 N–H and O–H groups in total. The predicted molar refractivity (Wildman–Crippen MR) is 137 cm³/mol. The molecule has 4 rings (SSSR count). The summed E-state index contributed by atoms with van der Waals surface area (Å²) in [5.74, 6) is -0.350. The number of benzene rings is 1. The first-order valence-corrected chi connectivity index (χ1v) is 13.1. The lowest BCUT2D eigenvalue weighted by molar-refractivity contribution is -0.0548. The first-order chi connectivity index (χ1) is 18.2. The molecule has 3 heterocycles. The molecule has 0 amide bonds. The third-order valence-corrected chi connectivity index (χ3v) is 7.24. The fourth-order valence-electron chi connectivity index (χ4n) is 3.76. The summed E-state index contributed by atoms with van der Waals surface area (Å²) in [4.78, 5) is 24.5. The van der Waals surface area contributed by atoms with Crippen LogP contribution in [0.1, 0.15) is 23.5 Å². The second-order valence-corrected chi connectivity index (χ2v) is 9.99. The van der Waals surface area contributed by atoms with Crippen LogP contribution in [0.4, 0.5) is 5.82 Å². The van der Waals surface area contributed by atoms with Gasteiger partial charge in [0.1, 0.15) is 31.2 Å². The monoisotopic (exact) mass is 589 g/mol. The lowest BCUT2D eigenvalue weighted by Crippen LogP contribution is -2.33. The van der Waals surface area contributed by atoms with E-state index in [1.54, 1.807) is 6.92 Å². The Balaban J connectivity index is 1.49. The maximum Gasteiger partial charge on any atom is 0.338 e. The quantitative estimate of drug-likeness (QED) is 0.166. The SMILES string of the molecule is CCOC(=O)c1cc(Cl)c(OCC(O)CSc2nc3c(N)ncnc3n2[C@@H]2O[C@H](CO)[C@@H](O)[C@H]2O)c(Cl)c1. The van der Waals surface area contributed by atoms with Crippen molar-refractivity contribution >= 4 is 57.9 Å². The minimum absolute atomic E-state index is 0.0571. The van der Waals surface area contributed by atoms with E-state index in [9.17, 15) is 25.2 Å². The van der Waals surface area contributed by atoms with Crippen LogP contribution < -0.4 is 10.5 Å². The number of hydrogen-bond donors (Lipinski definition) is 5. The Bertz CT molecular complexity index is 1290. The van der Waals surface area contributed by atoms with Crippen LogP contribution in [0.15, 0.2) is 23.6 Å². The van der Waals surface area contributed by atoms with E-state index in [-0.39, 0.29) is 62.5 Å². The Hall–Kier alpha value is -2.43. The van der Waals surface area contributed by atoms with Crippen LogP contribution in [0.25, 0.3) is 11.2 Å². The number of aliphatic hydroxyl groups excluding tert-OH is 4. The number of nitrogens with zero attached hydrogens (tertiary/aromatic N) is 4. The Morgan fingerprint density at radius 2 is 1.97 bits per heavy atom. The normalized spacial score (nSPS) is 22.1. The molecule has 38 heavy (non-hydrogen) atoms. The average Bonchev–Trinajstić information content (AvgIpc) is 3.39. The van der Waals surface area contributed by atoms with Gasteiger partial charge in [-0.2, -0.15) is 0 Å². The van der Waals surface area contributed by atoms with Crippen LogP contribution in [-0.4, -0.2) is 95.9 Å². The van der Waals surface area contributed by atoms with Crippen LogP contribution >= 0.6 is 35.0 Å². The van der Waals surface area contributed by atoms with Gasteiger partial charge in [-0.05, 0) is 19.1 Å². The summed E-state index contributed by atoms with van der Waals surface area (Å²) >= 11 is 13.5. The van der Waals surface area contributed by atoms with E-state index in [1.807, 2.05) is 0 Å². The topological polar surface area (TPSA) is 195 Å². The lowest BCUT2D eigenvalue weighted by Gasteiger charge is -2.19. The number of imidazole rings is 1. The number of halogens is 2. The van der Waals surface area contributed by atoms with Crippen LogP contribution in [0.5, 0.6) is 5.75 Å². The molecule has 206 valence electrons. The third-order valence-electron chi connectivity index (χ3n) is 5.58. The molecule has 0 radical (unpaired) electrons. The first-order valence-electron chi connectivity index (χ1n) is 11.4. The summed E-state index contributed by atoms with van der Waals surface area (Å²) < 4.78 is 17.6. The molecule has 0 saturated carbocycles. The van der Waals surface area contributed by atoms with Crippen LogP contribution in [0.2, 0.25) is 10.0 Å². The van der Waals surface area contributed by atoms with Gasteiger partial charge in [0.25, 0.3) is 0 Å². The van der Waals surface area contributed by atoms with Crippen molar-refractivity contribution in [3.63, 3.8) is 0 Å². The van der Waals surface area contributed by atoms with Crippen molar-refractivity contribution in [2.24, 2.45) is 0 Å². The van der Waals surface area contributed by atoms with E-state index in [4.69, 9.17) is 43.1 Å². The molecular weight excluding hydrogens is 565 g/mol. The highest BCUT2D eigenvalue weighted by Crippen LogP contribution is 2.37. The highest BCUT2D eigenvalue weighted by molar-refractivity contribution is 7.99. The number of aliphatic hydroxyl groups is 4. The van der Waals surface area contributed by atoms with Crippen LogP contribution in [0, 0.1) is 0 Å². The number of rotatable bonds is 10. The Labute approximate surface area is 230 Å². The van der Waals surface area contributed by atoms with Crippen molar-refractivity contribution in [2.75, 3.05) is 31.3 Å². The molecule has 2 aromatic heterocycles. The van der Waals surface area contributed by atoms with Gasteiger partial charge in [-0.1, -0.05) is 35.0 Å². The number of nitrogen functional groups attached to an aromatic ring is 1. The number of hydrogen-bond acceptors (Lipinski definition) is 13. The summed E-state index contributed by atoms with van der Waals surface area (Å²) in [5, 5.41) is 41.2. The number of fused-ring (bicyclic) bond motifs is 1. The lowest BCUT2D eigenvalue weighted by atomic mass is 10.1. The van der Waals surface area contributed by atoms with E-state index in [2.05, 4.69) is 15.0 Å². The molecule has 13 nitrogen and oxygen atoms in total. The minimum atomic E-state index is -1.39. The molecule has 1 aliphatic rings. The Morgan fingerprint density at radius 3 is 2.61 bits per heavy atom. The van der Waals surface area contributed by atoms with Gasteiger partial charge in [0, 0.05) is 5.75 Å². The zero-order chi connectivity index (χ0) is 27.6. The van der Waals surface area contributed by atoms with Crippen molar-refractivity contribution in [1.29, 1.82) is 0 Å². The number of ether oxygens (including phenoxy) is 3. The van der Waals surface area contributed by atoms with Gasteiger partial charge in [-0.15, -0.1) is 0 Å². The molecule has 1 aliphatic heterocycles. The van der Waals surface area contributed by atoms with Crippen molar-refractivity contribution in [3.8, 4) is 5.75 Å². The van der Waals surface area contributed by atoms with Gasteiger partial charge in [-0.25, -0.2) is 19.7 Å². The van der Waals surface area contributed by atoms with E-state index in [0.717, 1.165) is 11.8 Å². The van der Waals surface area contributed by atoms with Crippen LogP contribution in [0.3, 0.4) is 0 Å². The fourth-order valence-corrected chi connectivity index (χ4v) is 5.28. The third kappa shape index (κ3) is 5.77. The Kier molecular flexibility index (Phi) is 9.15. The zero-order valence-corrected chi connectivity index (χ0v) is 22.2. The number of esters is 1. The highest BCUT2D eigenvalue weighted by atomic mass is 35.5. The molecule has 1 fully saturated rings. The van der Waals surface area contributed by atoms with E-state index in [1.165, 1.54) is 23.0 Å². The number of thioether (sulfide) groups is 1. The predicted octanol–water partition coefficient (Wildman–Crippen LogP) is 1.04. The van der Waals surface area contributed by atoms with Gasteiger partial charge in [0.05, 0.1) is 34.9 Å². The summed E-state index contributed by atoms with van der Waals surface area (Å²) in [6, 6.07) is 2.72. The molecule has 0 bridgehead atoms. The number of aromatic nitrogens is 4. The number of carbonyl (C=O) groups is 1. The second kappa shape index (κ2) is 12.2. The van der Waals surface area contributed by atoms with Crippen molar-refractivity contribution < 1.29 is 39.4 Å². The van der Waals surface area contributed by atoms with Gasteiger partial charge in [-0.3, -0.25) is 4.57 Å². The minimum Gasteiger partial charge on any atom is -0.488 e. The average molecular weight is 590 g/mol. The van der Waals surface area contributed by atoms with E-state index < -0.39 is 43.2 Å². The molecule has 1 aromatic carbocycles. The van der Waals surface area contributed by atoms with Crippen molar-refractivity contribution in [3.05, 3.63) is 34.1 Å². The summed E-state index contributed by atoms with van der Waals surface area (Å²) in [7, 11) is 0. The molecular formula is C22H25Cl2N5O8S. The number of carbonyl (C=O) groups excluding carboxylic acids is 1. The van der Waals surface area contributed by atoms with Gasteiger partial charge in [0.2, 0.25) is 0 Å². The molecule has 1 saturated heterocycles. The smallest absolute Gasteiger partial charge is 0.338 e. The fraction of sp³-hybridized carbons (Fsp3) is 0.455. The van der Waals surface area contributed by atoms with Crippen molar-refractivity contribution in [1.82, 2.24) is 19.5 Å². The van der Waals surface area contributed by atoms with Gasteiger partial charge < -0.3 is 40.4 Å². The number of anilines is 1. The zero-order valence-electron chi connectivity index (χ0n) is 19.9. The molecule has 0 spiro atoms. The molecule has 3 aromatic rings. The molecule has 5 atom stereocenters. The van der Waals surface area contributed by atoms with Crippen molar-refractivity contribution in [2.45, 2.75) is 42.7 Å². The molecule has 16 heteroatoms. The maximum absolute atomic E-state index is 11.9. The number of nitrogens with two attached hydrogens (primary N) is 1.